The first-order chi connectivity index (χ1) is 9.17. The molecule has 0 aliphatic carbocycles. The number of ether oxygens (including phenoxy) is 1. The normalized spacial score (nSPS) is 10.9. The van der Waals surface area contributed by atoms with Crippen molar-refractivity contribution in [1.82, 2.24) is 10.6 Å². The summed E-state index contributed by atoms with van der Waals surface area (Å²) in [5, 5.41) is 6.37. The molecule has 1 rings (SSSR count). The first-order valence-corrected chi connectivity index (χ1v) is 6.36. The lowest BCUT2D eigenvalue weighted by Gasteiger charge is -2.12. The van der Waals surface area contributed by atoms with Gasteiger partial charge in [-0.2, -0.15) is 0 Å². The third-order valence-corrected chi connectivity index (χ3v) is 2.72. The van der Waals surface area contributed by atoms with Gasteiger partial charge < -0.3 is 15.4 Å². The van der Waals surface area contributed by atoms with Crippen LogP contribution in [-0.2, 0) is 11.3 Å². The van der Waals surface area contributed by atoms with Crippen molar-refractivity contribution in [3.8, 4) is 0 Å². The van der Waals surface area contributed by atoms with Crippen LogP contribution in [0.4, 0.5) is 4.39 Å². The number of halogens is 2. The zero-order valence-electron chi connectivity index (χ0n) is 12.2. The highest BCUT2D eigenvalue weighted by molar-refractivity contribution is 14.0. The molecule has 1 aromatic carbocycles. The first-order valence-electron chi connectivity index (χ1n) is 6.36. The third-order valence-electron chi connectivity index (χ3n) is 2.72. The topological polar surface area (TPSA) is 45.7 Å². The summed E-state index contributed by atoms with van der Waals surface area (Å²) in [7, 11) is 3.41. The number of hydrogen-bond donors (Lipinski definition) is 2. The number of nitrogens with zero attached hydrogens (tertiary/aromatic N) is 1. The van der Waals surface area contributed by atoms with Gasteiger partial charge in [-0.05, 0) is 30.5 Å². The molecule has 114 valence electrons. The van der Waals surface area contributed by atoms with E-state index in [2.05, 4.69) is 15.6 Å². The SMILES string of the molecule is CN=C(NCCCOC)NCc1ccc(F)c(C)c1.I. The van der Waals surface area contributed by atoms with Crippen molar-refractivity contribution in [2.75, 3.05) is 27.3 Å². The molecule has 0 aliphatic rings. The summed E-state index contributed by atoms with van der Waals surface area (Å²) in [6.45, 7) is 3.90. The van der Waals surface area contributed by atoms with Crippen molar-refractivity contribution in [2.24, 2.45) is 4.99 Å². The second-order valence-corrected chi connectivity index (χ2v) is 4.28. The number of nitrogens with one attached hydrogen (secondary N) is 2. The highest BCUT2D eigenvalue weighted by atomic mass is 127. The Bertz CT molecular complexity index is 427. The summed E-state index contributed by atoms with van der Waals surface area (Å²) in [6, 6.07) is 5.09. The minimum absolute atomic E-state index is 0. The molecule has 0 saturated heterocycles. The van der Waals surface area contributed by atoms with Crippen LogP contribution in [-0.4, -0.2) is 33.3 Å². The molecule has 4 nitrogen and oxygen atoms in total. The van der Waals surface area contributed by atoms with Gasteiger partial charge >= 0.3 is 0 Å². The molecule has 0 saturated carbocycles. The first kappa shape index (κ1) is 19.1. The molecular weight excluding hydrogens is 372 g/mol. The molecule has 0 atom stereocenters. The van der Waals surface area contributed by atoms with E-state index in [1.807, 2.05) is 6.07 Å². The van der Waals surface area contributed by atoms with Crippen molar-refractivity contribution in [2.45, 2.75) is 19.9 Å². The standard InChI is InChI=1S/C14H22FN3O.HI/c1-11-9-12(5-6-13(11)15)10-18-14(16-2)17-7-4-8-19-3;/h5-6,9H,4,7-8,10H2,1-3H3,(H2,16,17,18);1H. The molecule has 6 heteroatoms. The van der Waals surface area contributed by atoms with E-state index in [1.54, 1.807) is 27.1 Å². The molecule has 0 aliphatic heterocycles. The van der Waals surface area contributed by atoms with E-state index in [1.165, 1.54) is 6.07 Å². The Hall–Kier alpha value is -0.890. The predicted octanol–water partition coefficient (Wildman–Crippen LogP) is 2.45. The van der Waals surface area contributed by atoms with Gasteiger partial charge in [0.05, 0.1) is 0 Å². The molecule has 0 spiro atoms. The summed E-state index contributed by atoms with van der Waals surface area (Å²) in [6.07, 6.45) is 0.923. The summed E-state index contributed by atoms with van der Waals surface area (Å²) in [5.74, 6) is 0.559. The Morgan fingerprint density at radius 1 is 1.35 bits per heavy atom. The third kappa shape index (κ3) is 7.04. The second-order valence-electron chi connectivity index (χ2n) is 4.28. The zero-order chi connectivity index (χ0) is 14.1. The fourth-order valence-corrected chi connectivity index (χ4v) is 1.65. The molecule has 0 amide bonds. The van der Waals surface area contributed by atoms with Crippen molar-refractivity contribution in [3.05, 3.63) is 35.1 Å². The van der Waals surface area contributed by atoms with Crippen LogP contribution in [0.25, 0.3) is 0 Å². The second kappa shape index (κ2) is 10.8. The maximum atomic E-state index is 13.1. The van der Waals surface area contributed by atoms with E-state index in [0.29, 0.717) is 12.1 Å². The molecule has 1 aromatic rings. The van der Waals surface area contributed by atoms with Gasteiger partial charge in [0, 0.05) is 33.9 Å². The fraction of sp³-hybridized carbons (Fsp3) is 0.500. The van der Waals surface area contributed by atoms with E-state index in [9.17, 15) is 4.39 Å². The van der Waals surface area contributed by atoms with Crippen molar-refractivity contribution < 1.29 is 9.13 Å². The van der Waals surface area contributed by atoms with Crippen LogP contribution in [0.2, 0.25) is 0 Å². The van der Waals surface area contributed by atoms with Gasteiger partial charge in [0.25, 0.3) is 0 Å². The largest absolute Gasteiger partial charge is 0.385 e. The fourth-order valence-electron chi connectivity index (χ4n) is 1.65. The van der Waals surface area contributed by atoms with Gasteiger partial charge in [0.15, 0.2) is 5.96 Å². The van der Waals surface area contributed by atoms with E-state index < -0.39 is 0 Å². The average molecular weight is 395 g/mol. The molecular formula is C14H23FIN3O. The quantitative estimate of drug-likeness (QED) is 0.337. The van der Waals surface area contributed by atoms with Crippen molar-refractivity contribution >= 4 is 29.9 Å². The lowest BCUT2D eigenvalue weighted by Crippen LogP contribution is -2.37. The van der Waals surface area contributed by atoms with Crippen LogP contribution >= 0.6 is 24.0 Å². The Morgan fingerprint density at radius 2 is 2.10 bits per heavy atom. The lowest BCUT2D eigenvalue weighted by atomic mass is 10.1. The maximum Gasteiger partial charge on any atom is 0.191 e. The summed E-state index contributed by atoms with van der Waals surface area (Å²) < 4.78 is 18.1. The highest BCUT2D eigenvalue weighted by Gasteiger charge is 2.01. The van der Waals surface area contributed by atoms with Gasteiger partial charge in [-0.3, -0.25) is 4.99 Å². The van der Waals surface area contributed by atoms with Crippen LogP contribution in [0.15, 0.2) is 23.2 Å². The number of benzene rings is 1. The minimum atomic E-state index is -0.175. The summed E-state index contributed by atoms with van der Waals surface area (Å²) >= 11 is 0. The van der Waals surface area contributed by atoms with E-state index in [-0.39, 0.29) is 29.8 Å². The smallest absolute Gasteiger partial charge is 0.191 e. The van der Waals surface area contributed by atoms with Crippen molar-refractivity contribution in [1.29, 1.82) is 0 Å². The average Bonchev–Trinajstić information content (AvgIpc) is 2.42. The Balaban J connectivity index is 0.00000361. The van der Waals surface area contributed by atoms with Crippen LogP contribution in [0.3, 0.4) is 0 Å². The van der Waals surface area contributed by atoms with Gasteiger partial charge in [0.2, 0.25) is 0 Å². The number of aryl methyl sites for hydroxylation is 1. The summed E-state index contributed by atoms with van der Waals surface area (Å²) in [5.41, 5.74) is 1.68. The van der Waals surface area contributed by atoms with E-state index in [0.717, 1.165) is 31.1 Å². The molecule has 2 N–H and O–H groups in total. The number of aliphatic imine (C=N–C) groups is 1. The zero-order valence-corrected chi connectivity index (χ0v) is 14.5. The van der Waals surface area contributed by atoms with Gasteiger partial charge in [-0.15, -0.1) is 24.0 Å². The molecule has 0 unspecified atom stereocenters. The Kier molecular flexibility index (Phi) is 10.4. The number of hydrogen-bond acceptors (Lipinski definition) is 2. The van der Waals surface area contributed by atoms with Gasteiger partial charge in [-0.25, -0.2) is 4.39 Å². The molecule has 0 radical (unpaired) electrons. The lowest BCUT2D eigenvalue weighted by molar-refractivity contribution is 0.195. The molecule has 0 fully saturated rings. The van der Waals surface area contributed by atoms with Crippen LogP contribution in [0.1, 0.15) is 17.5 Å². The molecule has 0 heterocycles. The molecule has 20 heavy (non-hydrogen) atoms. The Morgan fingerprint density at radius 3 is 2.70 bits per heavy atom. The van der Waals surface area contributed by atoms with Crippen LogP contribution in [0.5, 0.6) is 0 Å². The summed E-state index contributed by atoms with van der Waals surface area (Å²) in [4.78, 5) is 4.12. The maximum absolute atomic E-state index is 13.1. The van der Waals surface area contributed by atoms with Crippen LogP contribution < -0.4 is 10.6 Å². The molecule has 0 aromatic heterocycles. The predicted molar refractivity (Wildman–Crippen MR) is 91.2 cm³/mol. The van der Waals surface area contributed by atoms with Crippen molar-refractivity contribution in [3.63, 3.8) is 0 Å². The van der Waals surface area contributed by atoms with E-state index in [4.69, 9.17) is 4.74 Å². The van der Waals surface area contributed by atoms with Crippen LogP contribution in [0, 0.1) is 12.7 Å². The number of rotatable bonds is 6. The van der Waals surface area contributed by atoms with Gasteiger partial charge in [-0.1, -0.05) is 12.1 Å². The molecule has 0 bridgehead atoms. The number of guanidine groups is 1. The van der Waals surface area contributed by atoms with E-state index >= 15 is 0 Å². The highest BCUT2D eigenvalue weighted by Crippen LogP contribution is 2.08. The monoisotopic (exact) mass is 395 g/mol. The number of methoxy groups -OCH3 is 1. The minimum Gasteiger partial charge on any atom is -0.385 e. The van der Waals surface area contributed by atoms with Gasteiger partial charge in [0.1, 0.15) is 5.82 Å². The Labute approximate surface area is 137 Å².